The third-order valence-electron chi connectivity index (χ3n) is 2.59. The second kappa shape index (κ2) is 5.21. The molecule has 6 heteroatoms. The van der Waals surface area contributed by atoms with Crippen LogP contribution in [-0.4, -0.2) is 22.2 Å². The summed E-state index contributed by atoms with van der Waals surface area (Å²) >= 11 is 18.4. The average Bonchev–Trinajstić information content (AvgIpc) is 2.54. The van der Waals surface area contributed by atoms with Crippen LogP contribution in [-0.2, 0) is 4.79 Å². The van der Waals surface area contributed by atoms with E-state index < -0.39 is 0 Å². The van der Waals surface area contributed by atoms with E-state index in [9.17, 15) is 4.79 Å². The zero-order valence-electron chi connectivity index (χ0n) is 9.66. The van der Waals surface area contributed by atoms with Crippen molar-refractivity contribution in [2.24, 2.45) is 0 Å². The van der Waals surface area contributed by atoms with E-state index in [4.69, 9.17) is 35.4 Å². The van der Waals surface area contributed by atoms with Crippen LogP contribution in [0.4, 0.5) is 0 Å². The standard InChI is InChI=1S/C12H9Cl2NOS2/c1-6-8(13)3-7(4-9(6)14)5-10-11(16)15(2)12(17)18-10/h3-5H,1-2H3/b10-5-. The van der Waals surface area contributed by atoms with Gasteiger partial charge in [0.1, 0.15) is 4.32 Å². The zero-order valence-corrected chi connectivity index (χ0v) is 12.8. The van der Waals surface area contributed by atoms with Gasteiger partial charge in [0.25, 0.3) is 5.91 Å². The van der Waals surface area contributed by atoms with E-state index in [1.165, 1.54) is 16.7 Å². The second-order valence-corrected chi connectivity index (χ2v) is 6.34. The smallest absolute Gasteiger partial charge is 0.265 e. The fraction of sp³-hybridized carbons (Fsp3) is 0.167. The fourth-order valence-corrected chi connectivity index (χ4v) is 3.13. The molecular weight excluding hydrogens is 309 g/mol. The molecule has 1 aromatic rings. The Kier molecular flexibility index (Phi) is 4.02. The molecule has 0 atom stereocenters. The Labute approximate surface area is 125 Å². The number of benzene rings is 1. The minimum absolute atomic E-state index is 0.0992. The van der Waals surface area contributed by atoms with Gasteiger partial charge in [0.05, 0.1) is 4.91 Å². The number of hydrogen-bond acceptors (Lipinski definition) is 3. The molecule has 1 aliphatic rings. The molecule has 1 aliphatic heterocycles. The van der Waals surface area contributed by atoms with Crippen LogP contribution >= 0.6 is 47.2 Å². The highest BCUT2D eigenvalue weighted by Gasteiger charge is 2.28. The maximum atomic E-state index is 11.8. The molecule has 1 heterocycles. The van der Waals surface area contributed by atoms with Crippen molar-refractivity contribution in [1.29, 1.82) is 0 Å². The third kappa shape index (κ3) is 2.57. The van der Waals surface area contributed by atoms with Crippen LogP contribution in [0.25, 0.3) is 6.08 Å². The van der Waals surface area contributed by atoms with Crippen LogP contribution in [0.15, 0.2) is 17.0 Å². The molecule has 94 valence electrons. The molecule has 0 aliphatic carbocycles. The number of carbonyl (C=O) groups is 1. The van der Waals surface area contributed by atoms with Gasteiger partial charge in [-0.2, -0.15) is 0 Å². The fourth-order valence-electron chi connectivity index (χ4n) is 1.45. The maximum absolute atomic E-state index is 11.8. The molecule has 2 rings (SSSR count). The van der Waals surface area contributed by atoms with Gasteiger partial charge in [-0.05, 0) is 36.3 Å². The minimum Gasteiger partial charge on any atom is -0.296 e. The van der Waals surface area contributed by atoms with E-state index in [-0.39, 0.29) is 5.91 Å². The van der Waals surface area contributed by atoms with Gasteiger partial charge >= 0.3 is 0 Å². The van der Waals surface area contributed by atoms with Crippen molar-refractivity contribution in [3.05, 3.63) is 38.2 Å². The SMILES string of the molecule is Cc1c(Cl)cc(/C=C2\SC(=S)N(C)C2=O)cc1Cl. The predicted molar refractivity (Wildman–Crippen MR) is 82.1 cm³/mol. The number of thiocarbonyl (C=S) groups is 1. The quantitative estimate of drug-likeness (QED) is 0.573. The number of carbonyl (C=O) groups excluding carboxylic acids is 1. The maximum Gasteiger partial charge on any atom is 0.265 e. The molecule has 1 amide bonds. The van der Waals surface area contributed by atoms with Crippen molar-refractivity contribution in [2.75, 3.05) is 7.05 Å². The van der Waals surface area contributed by atoms with Crippen LogP contribution in [0.5, 0.6) is 0 Å². The van der Waals surface area contributed by atoms with Crippen molar-refractivity contribution in [1.82, 2.24) is 4.90 Å². The topological polar surface area (TPSA) is 20.3 Å². The predicted octanol–water partition coefficient (Wildman–Crippen LogP) is 4.13. The summed E-state index contributed by atoms with van der Waals surface area (Å²) in [5.41, 5.74) is 1.63. The Morgan fingerprint density at radius 3 is 2.33 bits per heavy atom. The number of likely N-dealkylation sites (N-methyl/N-ethyl adjacent to an activating group) is 1. The molecule has 2 nitrogen and oxygen atoms in total. The molecule has 0 N–H and O–H groups in total. The van der Waals surface area contributed by atoms with Crippen LogP contribution < -0.4 is 0 Å². The monoisotopic (exact) mass is 317 g/mol. The number of thioether (sulfide) groups is 1. The van der Waals surface area contributed by atoms with E-state index in [2.05, 4.69) is 0 Å². The van der Waals surface area contributed by atoms with Gasteiger partial charge in [-0.15, -0.1) is 0 Å². The highest BCUT2D eigenvalue weighted by atomic mass is 35.5. The Bertz CT molecular complexity index is 560. The summed E-state index contributed by atoms with van der Waals surface area (Å²) in [7, 11) is 1.66. The summed E-state index contributed by atoms with van der Waals surface area (Å²) in [6.45, 7) is 1.85. The number of rotatable bonds is 1. The van der Waals surface area contributed by atoms with Gasteiger partial charge in [0, 0.05) is 17.1 Å². The van der Waals surface area contributed by atoms with Crippen molar-refractivity contribution < 1.29 is 4.79 Å². The highest BCUT2D eigenvalue weighted by Crippen LogP contribution is 2.33. The summed E-state index contributed by atoms with van der Waals surface area (Å²) in [6.07, 6.45) is 1.75. The molecule has 1 fully saturated rings. The Morgan fingerprint density at radius 1 is 1.33 bits per heavy atom. The lowest BCUT2D eigenvalue weighted by atomic mass is 10.1. The molecule has 0 saturated carbocycles. The largest absolute Gasteiger partial charge is 0.296 e. The first-order chi connectivity index (χ1) is 8.40. The molecule has 1 aromatic carbocycles. The molecule has 0 spiro atoms. The first kappa shape index (κ1) is 13.9. The lowest BCUT2D eigenvalue weighted by molar-refractivity contribution is -0.121. The lowest BCUT2D eigenvalue weighted by Gasteiger charge is -2.04. The molecule has 0 unspecified atom stereocenters. The van der Waals surface area contributed by atoms with Gasteiger partial charge < -0.3 is 0 Å². The molecular formula is C12H9Cl2NOS2. The number of nitrogens with zero attached hydrogens (tertiary/aromatic N) is 1. The van der Waals surface area contributed by atoms with E-state index >= 15 is 0 Å². The number of amides is 1. The number of halogens is 2. The van der Waals surface area contributed by atoms with Crippen LogP contribution in [0, 0.1) is 6.92 Å². The van der Waals surface area contributed by atoms with Crippen molar-refractivity contribution >= 4 is 63.5 Å². The van der Waals surface area contributed by atoms with Crippen LogP contribution in [0.2, 0.25) is 10.0 Å². The highest BCUT2D eigenvalue weighted by molar-refractivity contribution is 8.26. The summed E-state index contributed by atoms with van der Waals surface area (Å²) in [6, 6.07) is 3.57. The van der Waals surface area contributed by atoms with Gasteiger partial charge in [-0.3, -0.25) is 9.69 Å². The Balaban J connectivity index is 2.40. The van der Waals surface area contributed by atoms with E-state index in [1.54, 1.807) is 25.3 Å². The summed E-state index contributed by atoms with van der Waals surface area (Å²) in [4.78, 5) is 13.9. The third-order valence-corrected chi connectivity index (χ3v) is 4.86. The zero-order chi connectivity index (χ0) is 13.4. The van der Waals surface area contributed by atoms with Crippen LogP contribution in [0.1, 0.15) is 11.1 Å². The van der Waals surface area contributed by atoms with Gasteiger partial charge in [-0.25, -0.2) is 0 Å². The van der Waals surface area contributed by atoms with Gasteiger partial charge in [0.2, 0.25) is 0 Å². The number of hydrogen-bond donors (Lipinski definition) is 0. The van der Waals surface area contributed by atoms with Gasteiger partial charge in [0.15, 0.2) is 0 Å². The minimum atomic E-state index is -0.0992. The van der Waals surface area contributed by atoms with E-state index in [0.29, 0.717) is 19.3 Å². The van der Waals surface area contributed by atoms with E-state index in [0.717, 1.165) is 11.1 Å². The normalized spacial score (nSPS) is 18.0. The average molecular weight is 318 g/mol. The molecule has 0 bridgehead atoms. The van der Waals surface area contributed by atoms with Crippen molar-refractivity contribution in [3.63, 3.8) is 0 Å². The molecule has 0 aromatic heterocycles. The molecule has 1 saturated heterocycles. The molecule has 18 heavy (non-hydrogen) atoms. The van der Waals surface area contributed by atoms with E-state index in [1.807, 2.05) is 6.92 Å². The summed E-state index contributed by atoms with van der Waals surface area (Å²) in [5.74, 6) is -0.0992. The first-order valence-electron chi connectivity index (χ1n) is 5.07. The lowest BCUT2D eigenvalue weighted by Crippen LogP contribution is -2.22. The van der Waals surface area contributed by atoms with Gasteiger partial charge in [-0.1, -0.05) is 47.2 Å². The van der Waals surface area contributed by atoms with Crippen molar-refractivity contribution in [2.45, 2.75) is 6.92 Å². The van der Waals surface area contributed by atoms with Crippen molar-refractivity contribution in [3.8, 4) is 0 Å². The first-order valence-corrected chi connectivity index (χ1v) is 7.05. The molecule has 0 radical (unpaired) electrons. The Morgan fingerprint density at radius 2 is 1.89 bits per heavy atom. The second-order valence-electron chi connectivity index (χ2n) is 3.85. The summed E-state index contributed by atoms with van der Waals surface area (Å²) < 4.78 is 0.551. The Hall–Kier alpha value is -0.550. The van der Waals surface area contributed by atoms with Crippen LogP contribution in [0.3, 0.4) is 0 Å². The summed E-state index contributed by atoms with van der Waals surface area (Å²) in [5, 5.41) is 1.17.